The monoisotopic (exact) mass is 375 g/mol. The van der Waals surface area contributed by atoms with E-state index in [1.54, 1.807) is 43.5 Å². The normalized spacial score (nSPS) is 12.5. The Morgan fingerprint density at radius 2 is 1.46 bits per heavy atom. The molecular formula is C23H21NO4. The van der Waals surface area contributed by atoms with Gasteiger partial charge in [-0.15, -0.1) is 0 Å². The third-order valence-corrected chi connectivity index (χ3v) is 4.46. The number of hydrogen-bond acceptors (Lipinski definition) is 4. The van der Waals surface area contributed by atoms with Gasteiger partial charge < -0.3 is 14.8 Å². The van der Waals surface area contributed by atoms with Crippen LogP contribution in [0.2, 0.25) is 0 Å². The van der Waals surface area contributed by atoms with Crippen molar-refractivity contribution in [1.29, 1.82) is 0 Å². The lowest BCUT2D eigenvalue weighted by atomic mass is 9.84. The van der Waals surface area contributed by atoms with E-state index in [1.165, 1.54) is 0 Å². The third kappa shape index (κ3) is 4.20. The van der Waals surface area contributed by atoms with Gasteiger partial charge in [0.25, 0.3) is 0 Å². The number of ether oxygens (including phenoxy) is 2. The van der Waals surface area contributed by atoms with Crippen molar-refractivity contribution in [2.75, 3.05) is 7.11 Å². The SMILES string of the molecule is COc1ccc(C(C=O)(NC(=O)OCc2ccccc2)c2ccccc2)cc1. The standard InChI is InChI=1S/C23H21NO4/c1-27-21-14-12-20(13-15-21)23(17-25,19-10-6-3-7-11-19)24-22(26)28-16-18-8-4-2-5-9-18/h2-15,17H,16H2,1H3,(H,24,26). The third-order valence-electron chi connectivity index (χ3n) is 4.46. The molecule has 5 nitrogen and oxygen atoms in total. The topological polar surface area (TPSA) is 64.6 Å². The zero-order chi connectivity index (χ0) is 19.8. The summed E-state index contributed by atoms with van der Waals surface area (Å²) in [6.07, 6.45) is 0.0316. The highest BCUT2D eigenvalue weighted by Gasteiger charge is 2.36. The second-order valence-electron chi connectivity index (χ2n) is 6.21. The predicted octanol–water partition coefficient (Wildman–Crippen LogP) is 4.06. The van der Waals surface area contributed by atoms with E-state index in [0.717, 1.165) is 5.56 Å². The van der Waals surface area contributed by atoms with Gasteiger partial charge in [-0.3, -0.25) is 4.79 Å². The highest BCUT2D eigenvalue weighted by molar-refractivity contribution is 5.82. The van der Waals surface area contributed by atoms with Crippen molar-refractivity contribution < 1.29 is 19.1 Å². The van der Waals surface area contributed by atoms with Gasteiger partial charge in [0.05, 0.1) is 7.11 Å². The Labute approximate surface area is 163 Å². The number of aldehydes is 1. The minimum Gasteiger partial charge on any atom is -0.497 e. The molecule has 3 aromatic rings. The molecule has 28 heavy (non-hydrogen) atoms. The first kappa shape index (κ1) is 19.2. The molecule has 0 fully saturated rings. The molecule has 0 aliphatic carbocycles. The van der Waals surface area contributed by atoms with Crippen LogP contribution in [0.4, 0.5) is 4.79 Å². The van der Waals surface area contributed by atoms with E-state index in [-0.39, 0.29) is 6.61 Å². The van der Waals surface area contributed by atoms with Crippen LogP contribution in [0.3, 0.4) is 0 Å². The van der Waals surface area contributed by atoms with Crippen LogP contribution in [0.25, 0.3) is 0 Å². The van der Waals surface area contributed by atoms with Crippen molar-refractivity contribution in [2.24, 2.45) is 0 Å². The summed E-state index contributed by atoms with van der Waals surface area (Å²) in [7, 11) is 1.57. The molecule has 0 aliphatic rings. The Morgan fingerprint density at radius 3 is 2.04 bits per heavy atom. The van der Waals surface area contributed by atoms with Gasteiger partial charge >= 0.3 is 6.09 Å². The number of amides is 1. The first-order valence-corrected chi connectivity index (χ1v) is 8.83. The van der Waals surface area contributed by atoms with E-state index >= 15 is 0 Å². The van der Waals surface area contributed by atoms with Crippen LogP contribution >= 0.6 is 0 Å². The number of hydrogen-bond donors (Lipinski definition) is 1. The number of methoxy groups -OCH3 is 1. The summed E-state index contributed by atoms with van der Waals surface area (Å²) in [5.41, 5.74) is 0.720. The molecule has 1 atom stereocenters. The number of carbonyl (C=O) groups excluding carboxylic acids is 2. The summed E-state index contributed by atoms with van der Waals surface area (Å²) in [5.74, 6) is 0.656. The molecular weight excluding hydrogens is 354 g/mol. The van der Waals surface area contributed by atoms with Crippen molar-refractivity contribution in [3.63, 3.8) is 0 Å². The van der Waals surface area contributed by atoms with Crippen LogP contribution in [-0.2, 0) is 21.7 Å². The molecule has 1 N–H and O–H groups in total. The van der Waals surface area contributed by atoms with Crippen LogP contribution < -0.4 is 10.1 Å². The van der Waals surface area contributed by atoms with Crippen LogP contribution in [0.15, 0.2) is 84.9 Å². The molecule has 0 bridgehead atoms. The van der Waals surface area contributed by atoms with Gasteiger partial charge in [-0.05, 0) is 28.8 Å². The number of rotatable bonds is 7. The van der Waals surface area contributed by atoms with Crippen LogP contribution in [0.5, 0.6) is 5.75 Å². The Balaban J connectivity index is 1.89. The fraction of sp³-hybridized carbons (Fsp3) is 0.130. The summed E-state index contributed by atoms with van der Waals surface area (Å²) in [4.78, 5) is 24.8. The predicted molar refractivity (Wildman–Crippen MR) is 106 cm³/mol. The van der Waals surface area contributed by atoms with E-state index in [0.29, 0.717) is 23.2 Å². The second-order valence-corrected chi connectivity index (χ2v) is 6.21. The average Bonchev–Trinajstić information content (AvgIpc) is 2.77. The number of nitrogens with one attached hydrogen (secondary N) is 1. The van der Waals surface area contributed by atoms with Crippen molar-refractivity contribution in [3.05, 3.63) is 102 Å². The zero-order valence-corrected chi connectivity index (χ0v) is 15.5. The van der Waals surface area contributed by atoms with Gasteiger partial charge in [-0.1, -0.05) is 72.8 Å². The molecule has 142 valence electrons. The number of benzene rings is 3. The lowest BCUT2D eigenvalue weighted by Gasteiger charge is -2.30. The van der Waals surface area contributed by atoms with Crippen molar-refractivity contribution >= 4 is 12.4 Å². The molecule has 0 heterocycles. The Kier molecular flexibility index (Phi) is 6.07. The number of alkyl carbamates (subject to hydrolysis) is 1. The molecule has 0 saturated heterocycles. The molecule has 0 saturated carbocycles. The maximum atomic E-state index is 12.5. The highest BCUT2D eigenvalue weighted by Crippen LogP contribution is 2.29. The van der Waals surface area contributed by atoms with Crippen molar-refractivity contribution in [1.82, 2.24) is 5.32 Å². The van der Waals surface area contributed by atoms with E-state index in [1.807, 2.05) is 48.5 Å². The minimum atomic E-state index is -1.37. The smallest absolute Gasteiger partial charge is 0.408 e. The summed E-state index contributed by atoms with van der Waals surface area (Å²) in [6, 6.07) is 25.4. The van der Waals surface area contributed by atoms with Crippen LogP contribution in [0.1, 0.15) is 16.7 Å². The molecule has 0 aromatic heterocycles. The highest BCUT2D eigenvalue weighted by atomic mass is 16.5. The summed E-state index contributed by atoms with van der Waals surface area (Å²) < 4.78 is 10.5. The molecule has 1 amide bonds. The molecule has 5 heteroatoms. The van der Waals surface area contributed by atoms with Gasteiger partial charge in [0.15, 0.2) is 6.29 Å². The molecule has 0 radical (unpaired) electrons. The first-order valence-electron chi connectivity index (χ1n) is 8.83. The lowest BCUT2D eigenvalue weighted by molar-refractivity contribution is -0.112. The van der Waals surface area contributed by atoms with Crippen LogP contribution in [0, 0.1) is 0 Å². The first-order chi connectivity index (χ1) is 13.7. The Morgan fingerprint density at radius 1 is 0.893 bits per heavy atom. The van der Waals surface area contributed by atoms with Gasteiger partial charge in [0.2, 0.25) is 0 Å². The fourth-order valence-corrected chi connectivity index (χ4v) is 2.95. The Bertz CT molecular complexity index is 910. The molecule has 0 aliphatic heterocycles. The molecule has 3 aromatic carbocycles. The van der Waals surface area contributed by atoms with E-state index in [4.69, 9.17) is 9.47 Å². The van der Waals surface area contributed by atoms with Gasteiger partial charge in [0, 0.05) is 0 Å². The average molecular weight is 375 g/mol. The summed E-state index contributed by atoms with van der Waals surface area (Å²) in [5, 5.41) is 2.75. The van der Waals surface area contributed by atoms with Crippen molar-refractivity contribution in [2.45, 2.75) is 12.1 Å². The lowest BCUT2D eigenvalue weighted by Crippen LogP contribution is -2.48. The molecule has 1 unspecified atom stereocenters. The molecule has 0 spiro atoms. The summed E-state index contributed by atoms with van der Waals surface area (Å²) in [6.45, 7) is 0.110. The van der Waals surface area contributed by atoms with E-state index in [2.05, 4.69) is 5.32 Å². The second kappa shape index (κ2) is 8.86. The fourth-order valence-electron chi connectivity index (χ4n) is 2.95. The quantitative estimate of drug-likeness (QED) is 0.633. The molecule has 3 rings (SSSR count). The maximum absolute atomic E-state index is 12.5. The maximum Gasteiger partial charge on any atom is 0.408 e. The Hall–Kier alpha value is -3.60. The minimum absolute atomic E-state index is 0.110. The largest absolute Gasteiger partial charge is 0.497 e. The van der Waals surface area contributed by atoms with Gasteiger partial charge in [0.1, 0.15) is 17.9 Å². The van der Waals surface area contributed by atoms with Gasteiger partial charge in [-0.25, -0.2) is 4.79 Å². The zero-order valence-electron chi connectivity index (χ0n) is 15.5. The number of carbonyl (C=O) groups is 2. The van der Waals surface area contributed by atoms with E-state index in [9.17, 15) is 9.59 Å². The van der Waals surface area contributed by atoms with Crippen LogP contribution in [-0.4, -0.2) is 19.5 Å². The summed E-state index contributed by atoms with van der Waals surface area (Å²) >= 11 is 0. The van der Waals surface area contributed by atoms with E-state index < -0.39 is 11.6 Å². The van der Waals surface area contributed by atoms with Crippen molar-refractivity contribution in [3.8, 4) is 5.75 Å². The van der Waals surface area contributed by atoms with Gasteiger partial charge in [-0.2, -0.15) is 0 Å².